The first kappa shape index (κ1) is 15.5. The quantitative estimate of drug-likeness (QED) is 0.855. The molecule has 1 aliphatic heterocycles. The van der Waals surface area contributed by atoms with Gasteiger partial charge in [0.2, 0.25) is 10.0 Å². The Labute approximate surface area is 122 Å². The van der Waals surface area contributed by atoms with Crippen LogP contribution in [0.2, 0.25) is 0 Å². The van der Waals surface area contributed by atoms with E-state index in [0.29, 0.717) is 6.54 Å². The lowest BCUT2D eigenvalue weighted by atomic mass is 9.96. The highest BCUT2D eigenvalue weighted by Crippen LogP contribution is 2.32. The molecule has 1 atom stereocenters. The monoisotopic (exact) mass is 296 g/mol. The Balaban J connectivity index is 2.20. The van der Waals surface area contributed by atoms with Crippen molar-refractivity contribution in [3.8, 4) is 0 Å². The number of piperidine rings is 1. The first-order valence-electron chi connectivity index (χ1n) is 7.08. The predicted octanol–water partition coefficient (Wildman–Crippen LogP) is 2.23. The normalized spacial score (nSPS) is 21.3. The molecule has 1 heterocycles. The molecule has 1 fully saturated rings. The number of rotatable bonds is 4. The van der Waals surface area contributed by atoms with E-state index in [9.17, 15) is 8.42 Å². The molecule has 5 heteroatoms. The van der Waals surface area contributed by atoms with Crippen LogP contribution in [0.1, 0.15) is 36.4 Å². The van der Waals surface area contributed by atoms with Crippen LogP contribution in [0.25, 0.3) is 0 Å². The number of nitrogens with zero attached hydrogens (tertiary/aromatic N) is 2. The average Bonchev–Trinajstić information content (AvgIpc) is 2.38. The van der Waals surface area contributed by atoms with Crippen molar-refractivity contribution >= 4 is 10.0 Å². The molecule has 1 aromatic rings. The van der Waals surface area contributed by atoms with Crippen LogP contribution in [-0.4, -0.2) is 44.5 Å². The van der Waals surface area contributed by atoms with E-state index in [0.717, 1.165) is 31.4 Å². The molecule has 1 aliphatic rings. The fourth-order valence-corrected chi connectivity index (χ4v) is 4.00. The van der Waals surface area contributed by atoms with Gasteiger partial charge in [0.15, 0.2) is 0 Å². The van der Waals surface area contributed by atoms with Crippen LogP contribution in [-0.2, 0) is 16.6 Å². The van der Waals surface area contributed by atoms with Crippen molar-refractivity contribution in [1.82, 2.24) is 9.21 Å². The number of hydrogen-bond donors (Lipinski definition) is 0. The molecule has 0 aliphatic carbocycles. The molecule has 0 amide bonds. The fourth-order valence-electron chi connectivity index (χ4n) is 2.85. The van der Waals surface area contributed by atoms with Crippen molar-refractivity contribution < 1.29 is 8.42 Å². The number of sulfonamides is 1. The molecule has 112 valence electrons. The van der Waals surface area contributed by atoms with Gasteiger partial charge >= 0.3 is 0 Å². The number of hydrogen-bond acceptors (Lipinski definition) is 3. The number of benzene rings is 1. The van der Waals surface area contributed by atoms with Crippen molar-refractivity contribution in [1.29, 1.82) is 0 Å². The third-order valence-electron chi connectivity index (χ3n) is 3.74. The smallest absolute Gasteiger partial charge is 0.211 e. The van der Waals surface area contributed by atoms with Gasteiger partial charge in [-0.15, -0.1) is 0 Å². The summed E-state index contributed by atoms with van der Waals surface area (Å²) in [6.45, 7) is 1.55. The van der Waals surface area contributed by atoms with Crippen LogP contribution in [0, 0.1) is 0 Å². The van der Waals surface area contributed by atoms with E-state index in [4.69, 9.17) is 0 Å². The maximum atomic E-state index is 11.9. The largest absolute Gasteiger partial charge is 0.305 e. The van der Waals surface area contributed by atoms with Crippen LogP contribution in [0.4, 0.5) is 0 Å². The standard InChI is InChI=1S/C15H24N2O2S/c1-16(2)12-13-7-9-14(10-8-13)15-6-4-5-11-17(15)20(3,18)19/h7-10,15H,4-6,11-12H2,1-3H3. The van der Waals surface area contributed by atoms with E-state index in [1.165, 1.54) is 11.8 Å². The Morgan fingerprint density at radius 2 is 1.85 bits per heavy atom. The van der Waals surface area contributed by atoms with E-state index < -0.39 is 10.0 Å². The van der Waals surface area contributed by atoms with Gasteiger partial charge in [0.05, 0.1) is 6.26 Å². The third-order valence-corrected chi connectivity index (χ3v) is 5.03. The van der Waals surface area contributed by atoms with E-state index >= 15 is 0 Å². The van der Waals surface area contributed by atoms with Gasteiger partial charge in [-0.25, -0.2) is 8.42 Å². The lowest BCUT2D eigenvalue weighted by molar-refractivity contribution is 0.257. The van der Waals surface area contributed by atoms with Crippen LogP contribution < -0.4 is 0 Å². The molecule has 0 saturated carbocycles. The summed E-state index contributed by atoms with van der Waals surface area (Å²) in [5, 5.41) is 0. The second kappa shape index (κ2) is 6.24. The summed E-state index contributed by atoms with van der Waals surface area (Å²) in [6, 6.07) is 8.36. The summed E-state index contributed by atoms with van der Waals surface area (Å²) >= 11 is 0. The van der Waals surface area contributed by atoms with Crippen molar-refractivity contribution in [2.45, 2.75) is 31.8 Å². The summed E-state index contributed by atoms with van der Waals surface area (Å²) < 4.78 is 25.5. The zero-order chi connectivity index (χ0) is 14.8. The summed E-state index contributed by atoms with van der Waals surface area (Å²) in [5.41, 5.74) is 2.36. The maximum Gasteiger partial charge on any atom is 0.211 e. The molecule has 1 saturated heterocycles. The van der Waals surface area contributed by atoms with Gasteiger partial charge in [-0.3, -0.25) is 0 Å². The minimum Gasteiger partial charge on any atom is -0.305 e. The van der Waals surface area contributed by atoms with Gasteiger partial charge in [0, 0.05) is 19.1 Å². The third kappa shape index (κ3) is 3.81. The SMILES string of the molecule is CN(C)Cc1ccc(C2CCCCN2S(C)(=O)=O)cc1. The summed E-state index contributed by atoms with van der Waals surface area (Å²) in [7, 11) is 0.957. The van der Waals surface area contributed by atoms with Crippen molar-refractivity contribution in [2.24, 2.45) is 0 Å². The molecule has 2 rings (SSSR count). The molecular formula is C15H24N2O2S. The van der Waals surface area contributed by atoms with Crippen molar-refractivity contribution in [2.75, 3.05) is 26.9 Å². The highest BCUT2D eigenvalue weighted by Gasteiger charge is 2.30. The van der Waals surface area contributed by atoms with Crippen molar-refractivity contribution in [3.05, 3.63) is 35.4 Å². The van der Waals surface area contributed by atoms with E-state index in [2.05, 4.69) is 29.2 Å². The van der Waals surface area contributed by atoms with Gasteiger partial charge in [0.25, 0.3) is 0 Å². The minimum atomic E-state index is -3.13. The molecule has 0 spiro atoms. The molecule has 0 N–H and O–H groups in total. The molecule has 0 aromatic heterocycles. The Hall–Kier alpha value is -0.910. The second-order valence-electron chi connectivity index (χ2n) is 5.86. The van der Waals surface area contributed by atoms with Crippen LogP contribution >= 0.6 is 0 Å². The lowest BCUT2D eigenvalue weighted by Crippen LogP contribution is -2.37. The first-order valence-corrected chi connectivity index (χ1v) is 8.93. The van der Waals surface area contributed by atoms with Crippen molar-refractivity contribution in [3.63, 3.8) is 0 Å². The molecule has 20 heavy (non-hydrogen) atoms. The highest BCUT2D eigenvalue weighted by atomic mass is 32.2. The zero-order valence-corrected chi connectivity index (χ0v) is 13.4. The second-order valence-corrected chi connectivity index (χ2v) is 7.80. The Morgan fingerprint density at radius 3 is 2.40 bits per heavy atom. The molecule has 4 nitrogen and oxygen atoms in total. The minimum absolute atomic E-state index is 0.00663. The van der Waals surface area contributed by atoms with Gasteiger partial charge < -0.3 is 4.90 Å². The van der Waals surface area contributed by atoms with Gasteiger partial charge in [-0.1, -0.05) is 30.7 Å². The van der Waals surface area contributed by atoms with E-state index in [1.54, 1.807) is 4.31 Å². The Bertz CT molecular complexity index is 537. The van der Waals surface area contributed by atoms with Crippen LogP contribution in [0.5, 0.6) is 0 Å². The molecule has 1 unspecified atom stereocenters. The maximum absolute atomic E-state index is 11.9. The molecule has 1 aromatic carbocycles. The molecule has 0 bridgehead atoms. The van der Waals surface area contributed by atoms with Gasteiger partial charge in [-0.2, -0.15) is 4.31 Å². The van der Waals surface area contributed by atoms with E-state index in [1.807, 2.05) is 14.1 Å². The van der Waals surface area contributed by atoms with Crippen LogP contribution in [0.3, 0.4) is 0 Å². The lowest BCUT2D eigenvalue weighted by Gasteiger charge is -2.34. The Morgan fingerprint density at radius 1 is 1.20 bits per heavy atom. The molecular weight excluding hydrogens is 272 g/mol. The summed E-state index contributed by atoms with van der Waals surface area (Å²) in [6.07, 6.45) is 4.28. The highest BCUT2D eigenvalue weighted by molar-refractivity contribution is 7.88. The predicted molar refractivity (Wildman–Crippen MR) is 82.0 cm³/mol. The first-order chi connectivity index (χ1) is 9.38. The fraction of sp³-hybridized carbons (Fsp3) is 0.600. The zero-order valence-electron chi connectivity index (χ0n) is 12.5. The summed E-state index contributed by atoms with van der Waals surface area (Å²) in [4.78, 5) is 2.12. The van der Waals surface area contributed by atoms with E-state index in [-0.39, 0.29) is 6.04 Å². The molecule has 0 radical (unpaired) electrons. The average molecular weight is 296 g/mol. The van der Waals surface area contributed by atoms with Crippen LogP contribution in [0.15, 0.2) is 24.3 Å². The topological polar surface area (TPSA) is 40.6 Å². The summed E-state index contributed by atoms with van der Waals surface area (Å²) in [5.74, 6) is 0. The van der Waals surface area contributed by atoms with Gasteiger partial charge in [-0.05, 0) is 38.1 Å². The Kier molecular flexibility index (Phi) is 4.83. The van der Waals surface area contributed by atoms with Gasteiger partial charge in [0.1, 0.15) is 0 Å².